The third-order valence-electron chi connectivity index (χ3n) is 5.06. The van der Waals surface area contributed by atoms with Gasteiger partial charge < -0.3 is 15.5 Å². The number of rotatable bonds is 4. The van der Waals surface area contributed by atoms with E-state index in [1.165, 1.54) is 11.8 Å². The van der Waals surface area contributed by atoms with Crippen molar-refractivity contribution >= 4 is 29.1 Å². The second-order valence-corrected chi connectivity index (χ2v) is 7.41. The lowest BCUT2D eigenvalue weighted by atomic mass is 9.95. The van der Waals surface area contributed by atoms with Crippen molar-refractivity contribution in [1.82, 2.24) is 4.90 Å². The molecule has 1 fully saturated rings. The molecule has 0 aromatic heterocycles. The van der Waals surface area contributed by atoms with Crippen molar-refractivity contribution in [3.8, 4) is 0 Å². The molecule has 1 aliphatic rings. The van der Waals surface area contributed by atoms with E-state index in [1.54, 1.807) is 12.1 Å². The first-order valence-electron chi connectivity index (χ1n) is 9.68. The molecule has 1 saturated heterocycles. The summed E-state index contributed by atoms with van der Waals surface area (Å²) in [6.07, 6.45) is 0.837. The van der Waals surface area contributed by atoms with Crippen LogP contribution < -0.4 is 10.6 Å². The quantitative estimate of drug-likeness (QED) is 0.799. The van der Waals surface area contributed by atoms with Crippen LogP contribution in [0.15, 0.2) is 36.4 Å². The Kier molecular flexibility index (Phi) is 6.44. The van der Waals surface area contributed by atoms with E-state index in [2.05, 4.69) is 10.6 Å². The minimum absolute atomic E-state index is 0.181. The molecule has 3 amide bonds. The molecule has 1 aliphatic heterocycles. The third-order valence-corrected chi connectivity index (χ3v) is 5.06. The SMILES string of the molecule is CC(=O)Nc1ccc(C)cc1NC(=O)C1CCN(C(=O)c2ccc(F)cc2F)CC1. The van der Waals surface area contributed by atoms with Crippen LogP contribution >= 0.6 is 0 Å². The second kappa shape index (κ2) is 9.02. The molecule has 6 nitrogen and oxygen atoms in total. The molecule has 0 radical (unpaired) electrons. The predicted molar refractivity (Wildman–Crippen MR) is 109 cm³/mol. The van der Waals surface area contributed by atoms with Crippen LogP contribution in [-0.4, -0.2) is 35.7 Å². The number of amides is 3. The zero-order valence-electron chi connectivity index (χ0n) is 16.8. The van der Waals surface area contributed by atoms with E-state index in [1.807, 2.05) is 13.0 Å². The second-order valence-electron chi connectivity index (χ2n) is 7.41. The smallest absolute Gasteiger partial charge is 0.256 e. The molecule has 0 bridgehead atoms. The van der Waals surface area contributed by atoms with Gasteiger partial charge in [0.2, 0.25) is 11.8 Å². The number of anilines is 2. The molecule has 0 atom stereocenters. The van der Waals surface area contributed by atoms with Gasteiger partial charge in [0.25, 0.3) is 5.91 Å². The van der Waals surface area contributed by atoms with E-state index in [4.69, 9.17) is 0 Å². The van der Waals surface area contributed by atoms with Crippen molar-refractivity contribution < 1.29 is 23.2 Å². The van der Waals surface area contributed by atoms with Gasteiger partial charge >= 0.3 is 0 Å². The maximum Gasteiger partial charge on any atom is 0.256 e. The topological polar surface area (TPSA) is 78.5 Å². The van der Waals surface area contributed by atoms with Gasteiger partial charge in [-0.2, -0.15) is 0 Å². The van der Waals surface area contributed by atoms with Crippen LogP contribution in [0.2, 0.25) is 0 Å². The molecule has 1 heterocycles. The molecule has 2 N–H and O–H groups in total. The van der Waals surface area contributed by atoms with Crippen LogP contribution in [0.3, 0.4) is 0 Å². The highest BCUT2D eigenvalue weighted by Crippen LogP contribution is 2.26. The molecule has 0 aliphatic carbocycles. The number of hydrogen-bond acceptors (Lipinski definition) is 3. The van der Waals surface area contributed by atoms with Crippen molar-refractivity contribution in [2.75, 3.05) is 23.7 Å². The van der Waals surface area contributed by atoms with Crippen LogP contribution in [-0.2, 0) is 9.59 Å². The zero-order valence-corrected chi connectivity index (χ0v) is 16.8. The Balaban J connectivity index is 1.63. The minimum atomic E-state index is -0.898. The number of aryl methyl sites for hydroxylation is 1. The van der Waals surface area contributed by atoms with Gasteiger partial charge in [-0.3, -0.25) is 14.4 Å². The van der Waals surface area contributed by atoms with Crippen LogP contribution in [0.1, 0.15) is 35.7 Å². The maximum absolute atomic E-state index is 13.9. The molecular weight excluding hydrogens is 392 g/mol. The van der Waals surface area contributed by atoms with E-state index in [0.717, 1.165) is 17.7 Å². The van der Waals surface area contributed by atoms with Crippen molar-refractivity contribution in [3.05, 3.63) is 59.2 Å². The molecule has 158 valence electrons. The van der Waals surface area contributed by atoms with Gasteiger partial charge in [-0.15, -0.1) is 0 Å². The molecule has 2 aromatic carbocycles. The summed E-state index contributed by atoms with van der Waals surface area (Å²) in [6.45, 7) is 3.86. The fourth-order valence-corrected chi connectivity index (χ4v) is 3.47. The van der Waals surface area contributed by atoms with Crippen LogP contribution in [0.25, 0.3) is 0 Å². The Bertz CT molecular complexity index is 986. The molecule has 0 unspecified atom stereocenters. The maximum atomic E-state index is 13.9. The summed E-state index contributed by atoms with van der Waals surface area (Å²) < 4.78 is 26.9. The van der Waals surface area contributed by atoms with E-state index < -0.39 is 17.5 Å². The number of carbonyl (C=O) groups is 3. The highest BCUT2D eigenvalue weighted by Gasteiger charge is 2.29. The van der Waals surface area contributed by atoms with Gasteiger partial charge in [0, 0.05) is 32.0 Å². The van der Waals surface area contributed by atoms with E-state index in [9.17, 15) is 23.2 Å². The van der Waals surface area contributed by atoms with E-state index in [0.29, 0.717) is 43.4 Å². The summed E-state index contributed by atoms with van der Waals surface area (Å²) in [4.78, 5) is 38.1. The first-order valence-corrected chi connectivity index (χ1v) is 9.68. The molecule has 2 aromatic rings. The molecule has 0 spiro atoms. The summed E-state index contributed by atoms with van der Waals surface area (Å²) in [7, 11) is 0. The summed E-state index contributed by atoms with van der Waals surface area (Å²) in [5, 5.41) is 5.55. The number of benzene rings is 2. The predicted octanol–water partition coefficient (Wildman–Crippen LogP) is 3.72. The number of nitrogens with one attached hydrogen (secondary N) is 2. The van der Waals surface area contributed by atoms with E-state index in [-0.39, 0.29) is 23.3 Å². The third kappa shape index (κ3) is 5.00. The molecule has 0 saturated carbocycles. The average molecular weight is 415 g/mol. The van der Waals surface area contributed by atoms with Gasteiger partial charge in [-0.25, -0.2) is 8.78 Å². The van der Waals surface area contributed by atoms with Crippen molar-refractivity contribution in [2.24, 2.45) is 5.92 Å². The normalized spacial score (nSPS) is 14.3. The lowest BCUT2D eigenvalue weighted by Crippen LogP contribution is -2.41. The fraction of sp³-hybridized carbons (Fsp3) is 0.318. The van der Waals surface area contributed by atoms with Crippen LogP contribution in [0, 0.1) is 24.5 Å². The molecule has 8 heteroatoms. The van der Waals surface area contributed by atoms with Gasteiger partial charge in [-0.1, -0.05) is 6.07 Å². The summed E-state index contributed by atoms with van der Waals surface area (Å²) in [6, 6.07) is 8.20. The van der Waals surface area contributed by atoms with Crippen molar-refractivity contribution in [1.29, 1.82) is 0 Å². The summed E-state index contributed by atoms with van der Waals surface area (Å²) in [5.41, 5.74) is 1.78. The Morgan fingerprint density at radius 3 is 2.30 bits per heavy atom. The first-order chi connectivity index (χ1) is 14.2. The molecule has 30 heavy (non-hydrogen) atoms. The average Bonchev–Trinajstić information content (AvgIpc) is 2.69. The first kappa shape index (κ1) is 21.4. The van der Waals surface area contributed by atoms with Gasteiger partial charge in [0.1, 0.15) is 11.6 Å². The van der Waals surface area contributed by atoms with Crippen molar-refractivity contribution in [3.63, 3.8) is 0 Å². The van der Waals surface area contributed by atoms with Gasteiger partial charge in [-0.05, 0) is 49.6 Å². The summed E-state index contributed by atoms with van der Waals surface area (Å²) >= 11 is 0. The monoisotopic (exact) mass is 415 g/mol. The van der Waals surface area contributed by atoms with Gasteiger partial charge in [0.15, 0.2) is 0 Å². The number of likely N-dealkylation sites (tertiary alicyclic amines) is 1. The number of carbonyl (C=O) groups excluding carboxylic acids is 3. The van der Waals surface area contributed by atoms with Crippen LogP contribution in [0.5, 0.6) is 0 Å². The zero-order chi connectivity index (χ0) is 21.8. The molecular formula is C22H23F2N3O3. The fourth-order valence-electron chi connectivity index (χ4n) is 3.47. The molecule has 3 rings (SSSR count). The Labute approximate surface area is 173 Å². The van der Waals surface area contributed by atoms with Crippen molar-refractivity contribution in [2.45, 2.75) is 26.7 Å². The number of piperidine rings is 1. The Morgan fingerprint density at radius 1 is 0.967 bits per heavy atom. The largest absolute Gasteiger partial charge is 0.339 e. The van der Waals surface area contributed by atoms with E-state index >= 15 is 0 Å². The number of hydrogen-bond donors (Lipinski definition) is 2. The lowest BCUT2D eigenvalue weighted by molar-refractivity contribution is -0.121. The highest BCUT2D eigenvalue weighted by molar-refractivity contribution is 6.00. The standard InChI is InChI=1S/C22H23F2N3O3/c1-13-3-6-19(25-14(2)28)20(11-13)26-21(29)15-7-9-27(10-8-15)22(30)17-5-4-16(23)12-18(17)24/h3-6,11-12,15H,7-10H2,1-2H3,(H,25,28)(H,26,29). The van der Waals surface area contributed by atoms with Crippen LogP contribution in [0.4, 0.5) is 20.2 Å². The van der Waals surface area contributed by atoms with Gasteiger partial charge in [0.05, 0.1) is 16.9 Å². The number of nitrogens with zero attached hydrogens (tertiary/aromatic N) is 1. The summed E-state index contributed by atoms with van der Waals surface area (Å²) in [5.74, 6) is -2.92. The lowest BCUT2D eigenvalue weighted by Gasteiger charge is -2.31. The minimum Gasteiger partial charge on any atom is -0.339 e. The highest BCUT2D eigenvalue weighted by atomic mass is 19.1. The number of halogens is 2. The Hall–Kier alpha value is -3.29. The Morgan fingerprint density at radius 2 is 1.67 bits per heavy atom.